The summed E-state index contributed by atoms with van der Waals surface area (Å²) in [7, 11) is 1.59. The highest BCUT2D eigenvalue weighted by molar-refractivity contribution is 6.07. The number of para-hydroxylation sites is 1. The molecule has 0 spiro atoms. The molecule has 1 N–H and O–H groups in total. The van der Waals surface area contributed by atoms with Crippen LogP contribution in [0.25, 0.3) is 16.8 Å². The summed E-state index contributed by atoms with van der Waals surface area (Å²) in [6, 6.07) is 17.4. The van der Waals surface area contributed by atoms with E-state index in [0.717, 1.165) is 42.1 Å². The molecule has 1 fully saturated rings. The summed E-state index contributed by atoms with van der Waals surface area (Å²) in [4.78, 5) is 24.9. The maximum absolute atomic E-state index is 14.0. The molecule has 5 rings (SSSR count). The van der Waals surface area contributed by atoms with Gasteiger partial charge in [-0.2, -0.15) is 0 Å². The number of pyridine rings is 2. The minimum Gasteiger partial charge on any atom is -0.481 e. The number of amides is 1. The van der Waals surface area contributed by atoms with Crippen LogP contribution in [0.15, 0.2) is 89.8 Å². The first-order valence-electron chi connectivity index (χ1n) is 14.2. The number of anilines is 1. The monoisotopic (exact) mass is 534 g/mol. The first kappa shape index (κ1) is 27.4. The van der Waals surface area contributed by atoms with Crippen molar-refractivity contribution in [2.24, 2.45) is 5.92 Å². The van der Waals surface area contributed by atoms with E-state index in [9.17, 15) is 4.79 Å². The summed E-state index contributed by atoms with van der Waals surface area (Å²) in [5.74, 6) is 1.24. The summed E-state index contributed by atoms with van der Waals surface area (Å²) in [6.45, 7) is 8.15. The van der Waals surface area contributed by atoms with E-state index < -0.39 is 0 Å². The van der Waals surface area contributed by atoms with Crippen molar-refractivity contribution in [1.82, 2.24) is 15.3 Å². The summed E-state index contributed by atoms with van der Waals surface area (Å²) in [5.41, 5.74) is 8.84. The quantitative estimate of drug-likeness (QED) is 0.294. The molecular weight excluding hydrogens is 496 g/mol. The van der Waals surface area contributed by atoms with Crippen LogP contribution in [0.2, 0.25) is 0 Å². The fourth-order valence-corrected chi connectivity index (χ4v) is 5.13. The number of hydrogen-bond acceptors (Lipinski definition) is 5. The van der Waals surface area contributed by atoms with Gasteiger partial charge in [0.1, 0.15) is 5.69 Å². The Hall–Kier alpha value is -4.19. The molecule has 0 bridgehead atoms. The molecule has 0 unspecified atom stereocenters. The Morgan fingerprint density at radius 3 is 2.67 bits per heavy atom. The Bertz CT molecular complexity index is 1470. The molecule has 2 aliphatic rings. The molecule has 206 valence electrons. The lowest BCUT2D eigenvalue weighted by atomic mass is 9.97. The molecule has 1 saturated carbocycles. The SMILES string of the molecule is CC/C=C(NCC1CC1)\C(C)=C\C1=C(C)c2ccccc2N(C(=O)c2cccc(-c3ccc(OC)nc3)n2)CC1. The van der Waals surface area contributed by atoms with Gasteiger partial charge in [-0.05, 0) is 86.4 Å². The van der Waals surface area contributed by atoms with Gasteiger partial charge in [0.25, 0.3) is 5.91 Å². The van der Waals surface area contributed by atoms with Crippen LogP contribution >= 0.6 is 0 Å². The smallest absolute Gasteiger partial charge is 0.276 e. The molecule has 6 nitrogen and oxygen atoms in total. The molecule has 1 amide bonds. The van der Waals surface area contributed by atoms with Crippen LogP contribution in [0.5, 0.6) is 5.88 Å². The van der Waals surface area contributed by atoms with E-state index in [0.29, 0.717) is 23.8 Å². The van der Waals surface area contributed by atoms with Crippen molar-refractivity contribution < 1.29 is 9.53 Å². The number of fused-ring (bicyclic) bond motifs is 1. The molecule has 3 heterocycles. The van der Waals surface area contributed by atoms with Crippen molar-refractivity contribution in [1.29, 1.82) is 0 Å². The Morgan fingerprint density at radius 1 is 1.12 bits per heavy atom. The predicted octanol–water partition coefficient (Wildman–Crippen LogP) is 7.22. The first-order chi connectivity index (χ1) is 19.5. The molecule has 2 aromatic heterocycles. The number of carbonyl (C=O) groups is 1. The number of benzene rings is 1. The maximum atomic E-state index is 14.0. The zero-order chi connectivity index (χ0) is 28.1. The average molecular weight is 535 g/mol. The molecule has 1 aliphatic carbocycles. The highest BCUT2D eigenvalue weighted by Crippen LogP contribution is 2.36. The third kappa shape index (κ3) is 6.17. The van der Waals surface area contributed by atoms with Crippen LogP contribution in [-0.4, -0.2) is 36.1 Å². The van der Waals surface area contributed by atoms with Crippen molar-refractivity contribution in [2.45, 2.75) is 46.5 Å². The number of hydrogen-bond donors (Lipinski definition) is 1. The fourth-order valence-electron chi connectivity index (χ4n) is 5.13. The van der Waals surface area contributed by atoms with Crippen LogP contribution in [-0.2, 0) is 0 Å². The zero-order valence-electron chi connectivity index (χ0n) is 23.9. The second-order valence-electron chi connectivity index (χ2n) is 10.5. The highest BCUT2D eigenvalue weighted by Gasteiger charge is 2.26. The largest absolute Gasteiger partial charge is 0.481 e. The van der Waals surface area contributed by atoms with Crippen molar-refractivity contribution in [3.63, 3.8) is 0 Å². The van der Waals surface area contributed by atoms with Gasteiger partial charge < -0.3 is 15.0 Å². The van der Waals surface area contributed by atoms with E-state index in [1.807, 2.05) is 41.3 Å². The second kappa shape index (κ2) is 12.3. The Kier molecular flexibility index (Phi) is 8.44. The third-order valence-corrected chi connectivity index (χ3v) is 7.64. The Balaban J connectivity index is 1.43. The summed E-state index contributed by atoms with van der Waals surface area (Å²) in [6.07, 6.45) is 10.7. The first-order valence-corrected chi connectivity index (χ1v) is 14.2. The number of allylic oxidation sites excluding steroid dienone is 4. The van der Waals surface area contributed by atoms with Crippen molar-refractivity contribution in [3.05, 3.63) is 101 Å². The van der Waals surface area contributed by atoms with Gasteiger partial charge in [-0.15, -0.1) is 0 Å². The number of aromatic nitrogens is 2. The zero-order valence-corrected chi connectivity index (χ0v) is 23.9. The Labute approximate surface area is 237 Å². The van der Waals surface area contributed by atoms with Crippen LogP contribution in [0.4, 0.5) is 5.69 Å². The van der Waals surface area contributed by atoms with Crippen LogP contribution < -0.4 is 15.0 Å². The van der Waals surface area contributed by atoms with Gasteiger partial charge in [0, 0.05) is 42.2 Å². The second-order valence-corrected chi connectivity index (χ2v) is 10.5. The van der Waals surface area contributed by atoms with Gasteiger partial charge in [-0.3, -0.25) is 4.79 Å². The summed E-state index contributed by atoms with van der Waals surface area (Å²) < 4.78 is 5.17. The third-order valence-electron chi connectivity index (χ3n) is 7.64. The van der Waals surface area contributed by atoms with Gasteiger partial charge >= 0.3 is 0 Å². The topological polar surface area (TPSA) is 67.4 Å². The van der Waals surface area contributed by atoms with E-state index in [2.05, 4.69) is 49.3 Å². The Morgan fingerprint density at radius 2 is 1.95 bits per heavy atom. The van der Waals surface area contributed by atoms with E-state index in [-0.39, 0.29) is 5.91 Å². The number of methoxy groups -OCH3 is 1. The van der Waals surface area contributed by atoms with Crippen molar-refractivity contribution in [3.8, 4) is 17.1 Å². The summed E-state index contributed by atoms with van der Waals surface area (Å²) in [5, 5.41) is 3.68. The normalized spacial score (nSPS) is 15.9. The maximum Gasteiger partial charge on any atom is 0.276 e. The predicted molar refractivity (Wildman–Crippen MR) is 162 cm³/mol. The number of nitrogens with zero attached hydrogens (tertiary/aromatic N) is 3. The standard InChI is InChI=1S/C34H38N4O2/c1-5-9-29(35-21-25-14-15-25)23(2)20-26-18-19-38(32-13-7-6-10-28(32)24(26)3)34(39)31-12-8-11-30(37-31)27-16-17-33(40-4)36-22-27/h6-13,16-17,20,22,25,35H,5,14-15,18-19,21H2,1-4H3/b23-20+,29-9+. The van der Waals surface area contributed by atoms with Crippen molar-refractivity contribution in [2.75, 3.05) is 25.1 Å². The molecule has 0 saturated heterocycles. The lowest BCUT2D eigenvalue weighted by Crippen LogP contribution is -2.32. The lowest BCUT2D eigenvalue weighted by Gasteiger charge is -2.23. The van der Waals surface area contributed by atoms with Gasteiger partial charge in [-0.1, -0.05) is 43.3 Å². The molecule has 6 heteroatoms. The van der Waals surface area contributed by atoms with Gasteiger partial charge in [0.15, 0.2) is 0 Å². The van der Waals surface area contributed by atoms with Gasteiger partial charge in [0.2, 0.25) is 5.88 Å². The van der Waals surface area contributed by atoms with Gasteiger partial charge in [-0.25, -0.2) is 9.97 Å². The minimum atomic E-state index is -0.108. The van der Waals surface area contributed by atoms with E-state index in [1.165, 1.54) is 35.3 Å². The molecule has 40 heavy (non-hydrogen) atoms. The number of carbonyl (C=O) groups excluding carboxylic acids is 1. The van der Waals surface area contributed by atoms with E-state index in [1.54, 1.807) is 25.4 Å². The van der Waals surface area contributed by atoms with Crippen LogP contribution in [0.1, 0.15) is 62.5 Å². The molecule has 0 radical (unpaired) electrons. The minimum absolute atomic E-state index is 0.108. The van der Waals surface area contributed by atoms with Crippen LogP contribution in [0.3, 0.4) is 0 Å². The number of ether oxygens (including phenoxy) is 1. The summed E-state index contributed by atoms with van der Waals surface area (Å²) >= 11 is 0. The number of nitrogens with one attached hydrogen (secondary N) is 1. The van der Waals surface area contributed by atoms with E-state index in [4.69, 9.17) is 9.72 Å². The van der Waals surface area contributed by atoms with Crippen LogP contribution in [0, 0.1) is 5.92 Å². The molecule has 1 aromatic carbocycles. The molecule has 0 atom stereocenters. The lowest BCUT2D eigenvalue weighted by molar-refractivity contribution is 0.0982. The fraction of sp³-hybridized carbons (Fsp3) is 0.324. The van der Waals surface area contributed by atoms with E-state index >= 15 is 0 Å². The molecule has 1 aliphatic heterocycles. The average Bonchev–Trinajstić information content (AvgIpc) is 3.84. The number of rotatable bonds is 9. The highest BCUT2D eigenvalue weighted by atomic mass is 16.5. The van der Waals surface area contributed by atoms with Crippen molar-refractivity contribution >= 4 is 17.2 Å². The molecule has 3 aromatic rings. The molecular formula is C34H38N4O2. The van der Waals surface area contributed by atoms with Gasteiger partial charge in [0.05, 0.1) is 18.5 Å².